The van der Waals surface area contributed by atoms with Crippen LogP contribution < -0.4 is 0 Å². The third kappa shape index (κ3) is 2.33. The van der Waals surface area contributed by atoms with Gasteiger partial charge in [-0.05, 0) is 24.8 Å². The second-order valence-corrected chi connectivity index (χ2v) is 7.34. The second kappa shape index (κ2) is 4.86. The van der Waals surface area contributed by atoms with Gasteiger partial charge >= 0.3 is 0 Å². The number of hydrogen-bond acceptors (Lipinski definition) is 4. The van der Waals surface area contributed by atoms with Crippen LogP contribution in [0.3, 0.4) is 0 Å². The van der Waals surface area contributed by atoms with Crippen molar-refractivity contribution in [2.75, 3.05) is 0 Å². The maximum Gasteiger partial charge on any atom is 0.296 e. The van der Waals surface area contributed by atoms with Crippen LogP contribution in [0.2, 0.25) is 0 Å². The van der Waals surface area contributed by atoms with Gasteiger partial charge in [0.15, 0.2) is 0 Å². The topological polar surface area (TPSA) is 64.8 Å². The maximum atomic E-state index is 11.5. The lowest BCUT2D eigenvalue weighted by Crippen LogP contribution is -2.08. The van der Waals surface area contributed by atoms with E-state index < -0.39 is 9.05 Å². The molecule has 0 bridgehead atoms. The van der Waals surface area contributed by atoms with E-state index >= 15 is 0 Å². The number of aromatic nitrogens is 3. The third-order valence-electron chi connectivity index (χ3n) is 3.63. The minimum absolute atomic E-state index is 0.157. The molecule has 1 aliphatic carbocycles. The summed E-state index contributed by atoms with van der Waals surface area (Å²) in [6, 6.07) is 10.1. The van der Waals surface area contributed by atoms with E-state index in [1.165, 1.54) is 5.56 Å². The fourth-order valence-electron chi connectivity index (χ4n) is 2.60. The fourth-order valence-corrected chi connectivity index (χ4v) is 3.57. The Morgan fingerprint density at radius 3 is 2.55 bits per heavy atom. The molecule has 1 heterocycles. The Kier molecular flexibility index (Phi) is 3.30. The smallest absolute Gasteiger partial charge is 0.296 e. The highest BCUT2D eigenvalue weighted by Crippen LogP contribution is 2.54. The summed E-state index contributed by atoms with van der Waals surface area (Å²) in [6.45, 7) is 2.35. The lowest BCUT2D eigenvalue weighted by atomic mass is 10.1. The van der Waals surface area contributed by atoms with Crippen molar-refractivity contribution in [3.63, 3.8) is 0 Å². The van der Waals surface area contributed by atoms with E-state index in [1.807, 2.05) is 25.1 Å². The van der Waals surface area contributed by atoms with Crippen molar-refractivity contribution in [2.24, 2.45) is 0 Å². The first-order valence-electron chi connectivity index (χ1n) is 6.45. The molecule has 0 spiro atoms. The van der Waals surface area contributed by atoms with E-state index in [2.05, 4.69) is 22.3 Å². The van der Waals surface area contributed by atoms with Crippen LogP contribution in [0.5, 0.6) is 0 Å². The largest absolute Gasteiger partial charge is 0.301 e. The molecule has 1 saturated carbocycles. The van der Waals surface area contributed by atoms with E-state index in [0.717, 1.165) is 6.42 Å². The lowest BCUT2D eigenvalue weighted by Gasteiger charge is -2.05. The number of nitrogens with zero attached hydrogens (tertiary/aromatic N) is 3. The van der Waals surface area contributed by atoms with Gasteiger partial charge in [0.2, 0.25) is 0 Å². The monoisotopic (exact) mass is 311 g/mol. The number of halogens is 1. The Balaban J connectivity index is 1.92. The van der Waals surface area contributed by atoms with Gasteiger partial charge in [-0.1, -0.05) is 30.3 Å². The summed E-state index contributed by atoms with van der Waals surface area (Å²) in [5.74, 6) is 1.31. The Labute approximate surface area is 122 Å². The van der Waals surface area contributed by atoms with E-state index in [9.17, 15) is 8.42 Å². The summed E-state index contributed by atoms with van der Waals surface area (Å²) >= 11 is 0. The van der Waals surface area contributed by atoms with Crippen molar-refractivity contribution in [1.29, 1.82) is 0 Å². The van der Waals surface area contributed by atoms with Gasteiger partial charge < -0.3 is 4.57 Å². The molecule has 0 amide bonds. The summed E-state index contributed by atoms with van der Waals surface area (Å²) in [7, 11) is 1.53. The fraction of sp³-hybridized carbons (Fsp3) is 0.385. The highest BCUT2D eigenvalue weighted by molar-refractivity contribution is 8.13. The predicted octanol–water partition coefficient (Wildman–Crippen LogP) is 2.50. The zero-order chi connectivity index (χ0) is 14.3. The molecule has 1 aromatic carbocycles. The Hall–Kier alpha value is -1.40. The molecule has 2 unspecified atom stereocenters. The van der Waals surface area contributed by atoms with Crippen molar-refractivity contribution in [2.45, 2.75) is 36.9 Å². The van der Waals surface area contributed by atoms with Gasteiger partial charge in [0.25, 0.3) is 14.2 Å². The summed E-state index contributed by atoms with van der Waals surface area (Å²) < 4.78 is 24.5. The quantitative estimate of drug-likeness (QED) is 0.814. The van der Waals surface area contributed by atoms with Crippen LogP contribution in [-0.2, 0) is 15.6 Å². The van der Waals surface area contributed by atoms with Crippen LogP contribution in [0.4, 0.5) is 0 Å². The molecule has 5 nitrogen and oxygen atoms in total. The first kappa shape index (κ1) is 13.6. The summed E-state index contributed by atoms with van der Waals surface area (Å²) in [5.41, 5.74) is 1.25. The molecule has 20 heavy (non-hydrogen) atoms. The minimum Gasteiger partial charge on any atom is -0.301 e. The van der Waals surface area contributed by atoms with Crippen LogP contribution in [0.1, 0.15) is 36.6 Å². The second-order valence-electron chi connectivity index (χ2n) is 4.88. The highest BCUT2D eigenvalue weighted by Gasteiger charge is 2.43. The third-order valence-corrected chi connectivity index (χ3v) is 4.78. The van der Waals surface area contributed by atoms with Gasteiger partial charge in [-0.25, -0.2) is 8.42 Å². The van der Waals surface area contributed by atoms with E-state index in [-0.39, 0.29) is 11.1 Å². The molecule has 1 aromatic heterocycles. The van der Waals surface area contributed by atoms with Gasteiger partial charge in [-0.15, -0.1) is 10.2 Å². The van der Waals surface area contributed by atoms with Gasteiger partial charge in [-0.3, -0.25) is 0 Å². The Bertz CT molecular complexity index is 727. The van der Waals surface area contributed by atoms with E-state index in [4.69, 9.17) is 10.7 Å². The van der Waals surface area contributed by atoms with Crippen LogP contribution in [0, 0.1) is 0 Å². The Morgan fingerprint density at radius 2 is 1.95 bits per heavy atom. The number of benzene rings is 1. The van der Waals surface area contributed by atoms with Crippen LogP contribution >= 0.6 is 10.7 Å². The summed E-state index contributed by atoms with van der Waals surface area (Å²) in [4.78, 5) is 0. The van der Waals surface area contributed by atoms with E-state index in [1.54, 1.807) is 4.57 Å². The predicted molar refractivity (Wildman–Crippen MR) is 75.3 cm³/mol. The summed E-state index contributed by atoms with van der Waals surface area (Å²) in [5, 5.41) is 7.62. The van der Waals surface area contributed by atoms with Crippen molar-refractivity contribution < 1.29 is 8.42 Å². The molecule has 3 rings (SSSR count). The zero-order valence-corrected chi connectivity index (χ0v) is 12.5. The molecule has 106 valence electrons. The molecule has 1 fully saturated rings. The van der Waals surface area contributed by atoms with Gasteiger partial charge in [0.05, 0.1) is 0 Å². The molecule has 7 heteroatoms. The average molecular weight is 312 g/mol. The first-order chi connectivity index (χ1) is 9.52. The SMILES string of the molecule is CCn1c(C2CC2c2ccccc2)nnc1S(=O)(=O)Cl. The molecule has 0 N–H and O–H groups in total. The molecular formula is C13H14ClN3O2S. The van der Waals surface area contributed by atoms with Gasteiger partial charge in [0.1, 0.15) is 5.82 Å². The van der Waals surface area contributed by atoms with Crippen molar-refractivity contribution >= 4 is 19.7 Å². The number of rotatable bonds is 4. The molecule has 2 atom stereocenters. The first-order valence-corrected chi connectivity index (χ1v) is 8.76. The molecule has 0 saturated heterocycles. The van der Waals surface area contributed by atoms with Gasteiger partial charge in [-0.2, -0.15) is 0 Å². The zero-order valence-electron chi connectivity index (χ0n) is 10.9. The van der Waals surface area contributed by atoms with Crippen LogP contribution in [0.15, 0.2) is 35.5 Å². The highest BCUT2D eigenvalue weighted by atomic mass is 35.7. The lowest BCUT2D eigenvalue weighted by molar-refractivity contribution is 0.574. The molecule has 2 aromatic rings. The molecule has 1 aliphatic rings. The minimum atomic E-state index is -3.85. The average Bonchev–Trinajstić information content (AvgIpc) is 3.09. The van der Waals surface area contributed by atoms with Crippen molar-refractivity contribution in [3.05, 3.63) is 41.7 Å². The van der Waals surface area contributed by atoms with Crippen LogP contribution in [-0.4, -0.2) is 23.2 Å². The van der Waals surface area contributed by atoms with Crippen molar-refractivity contribution in [3.8, 4) is 0 Å². The number of hydrogen-bond donors (Lipinski definition) is 0. The maximum absolute atomic E-state index is 11.5. The standard InChI is InChI=1S/C13H14ClN3O2S/c1-2-17-12(15-16-13(17)20(14,18)19)11-8-10(11)9-6-4-3-5-7-9/h3-7,10-11H,2,8H2,1H3. The summed E-state index contributed by atoms with van der Waals surface area (Å²) in [6.07, 6.45) is 0.963. The van der Waals surface area contributed by atoms with Crippen molar-refractivity contribution in [1.82, 2.24) is 14.8 Å². The van der Waals surface area contributed by atoms with E-state index in [0.29, 0.717) is 18.3 Å². The van der Waals surface area contributed by atoms with Crippen LogP contribution in [0.25, 0.3) is 0 Å². The normalized spacial score (nSPS) is 21.9. The molecule has 0 radical (unpaired) electrons. The Morgan fingerprint density at radius 1 is 1.25 bits per heavy atom. The molecular weight excluding hydrogens is 298 g/mol. The van der Waals surface area contributed by atoms with Gasteiger partial charge in [0, 0.05) is 23.1 Å². The molecule has 0 aliphatic heterocycles.